The lowest BCUT2D eigenvalue weighted by Gasteiger charge is -2.19. The summed E-state index contributed by atoms with van der Waals surface area (Å²) in [6.07, 6.45) is -5.70. The second-order valence-electron chi connectivity index (χ2n) is 3.33. The van der Waals surface area contributed by atoms with Crippen LogP contribution in [0.15, 0.2) is 24.3 Å². The highest BCUT2D eigenvalue weighted by Gasteiger charge is 2.58. The van der Waals surface area contributed by atoms with Crippen LogP contribution in [-0.2, 0) is 10.7 Å². The van der Waals surface area contributed by atoms with Gasteiger partial charge in [-0.05, 0) is 12.1 Å². The average molecular weight is 271 g/mol. The molecule has 0 saturated carbocycles. The van der Waals surface area contributed by atoms with Gasteiger partial charge in [0, 0.05) is 11.3 Å². The first-order chi connectivity index (χ1) is 8.18. The summed E-state index contributed by atoms with van der Waals surface area (Å²) in [5.74, 6) is -6.00. The molecule has 0 fully saturated rings. The number of nitrogens with one attached hydrogen (secondary N) is 1. The van der Waals surface area contributed by atoms with E-state index in [1.165, 1.54) is 0 Å². The molecular weight excluding hydrogens is 264 g/mol. The molecule has 0 unspecified atom stereocenters. The fourth-order valence-electron chi connectivity index (χ4n) is 1.12. The number of halogens is 6. The van der Waals surface area contributed by atoms with Crippen molar-refractivity contribution in [2.24, 2.45) is 0 Å². The third kappa shape index (κ3) is 2.93. The van der Waals surface area contributed by atoms with E-state index < -0.39 is 30.2 Å². The fourth-order valence-corrected chi connectivity index (χ4v) is 1.12. The Morgan fingerprint density at radius 2 is 1.56 bits per heavy atom. The minimum absolute atomic E-state index is 0.0700. The molecule has 1 N–H and O–H groups in total. The molecule has 0 spiro atoms. The third-order valence-electron chi connectivity index (χ3n) is 2.01. The quantitative estimate of drug-likeness (QED) is 0.840. The number of carbonyl (C=O) groups excluding carboxylic acids is 1. The fraction of sp³-hybridized carbons (Fsp3) is 0.300. The summed E-state index contributed by atoms with van der Waals surface area (Å²) >= 11 is 0. The number of carbonyl (C=O) groups is 1. The van der Waals surface area contributed by atoms with Crippen molar-refractivity contribution in [3.05, 3.63) is 29.8 Å². The zero-order valence-corrected chi connectivity index (χ0v) is 8.69. The summed E-state index contributed by atoms with van der Waals surface area (Å²) in [6, 6.07) is 2.70. The lowest BCUT2D eigenvalue weighted by atomic mass is 10.1. The molecule has 0 aromatic heterocycles. The highest BCUT2D eigenvalue weighted by atomic mass is 19.4. The molecule has 0 bridgehead atoms. The zero-order valence-electron chi connectivity index (χ0n) is 8.69. The van der Waals surface area contributed by atoms with Crippen LogP contribution in [0.4, 0.5) is 32.0 Å². The lowest BCUT2D eigenvalue weighted by Crippen LogP contribution is -2.33. The van der Waals surface area contributed by atoms with E-state index in [4.69, 9.17) is 0 Å². The Kier molecular flexibility index (Phi) is 3.88. The maximum Gasteiger partial charge on any atom is 0.458 e. The largest absolute Gasteiger partial charge is 0.458 e. The SMILES string of the molecule is O=C(CF)Nc1ccc(C(F)(F)C(F)(F)F)cc1. The highest BCUT2D eigenvalue weighted by molar-refractivity contribution is 5.91. The van der Waals surface area contributed by atoms with Crippen molar-refractivity contribution in [1.29, 1.82) is 0 Å². The number of rotatable bonds is 3. The molecule has 0 heterocycles. The van der Waals surface area contributed by atoms with Gasteiger partial charge >= 0.3 is 12.1 Å². The molecular formula is C10H7F6NO. The van der Waals surface area contributed by atoms with Crippen LogP contribution in [0.3, 0.4) is 0 Å². The van der Waals surface area contributed by atoms with Crippen LogP contribution in [0.2, 0.25) is 0 Å². The topological polar surface area (TPSA) is 29.1 Å². The number of hydrogen-bond donors (Lipinski definition) is 1. The van der Waals surface area contributed by atoms with Crippen molar-refractivity contribution < 1.29 is 31.1 Å². The summed E-state index contributed by atoms with van der Waals surface area (Å²) < 4.78 is 73.6. The standard InChI is InChI=1S/C10H7F6NO/c11-5-8(18)17-7-3-1-6(2-4-7)9(12,13)10(14,15)16/h1-4H,5H2,(H,17,18). The Bertz CT molecular complexity index is 425. The van der Waals surface area contributed by atoms with Gasteiger partial charge in [-0.1, -0.05) is 12.1 Å². The van der Waals surface area contributed by atoms with E-state index in [0.29, 0.717) is 12.1 Å². The van der Waals surface area contributed by atoms with Crippen LogP contribution in [0.5, 0.6) is 0 Å². The molecule has 100 valence electrons. The number of alkyl halides is 6. The number of anilines is 1. The molecule has 8 heteroatoms. The van der Waals surface area contributed by atoms with E-state index in [0.717, 1.165) is 12.1 Å². The van der Waals surface area contributed by atoms with Gasteiger partial charge in [-0.15, -0.1) is 0 Å². The molecule has 0 atom stereocenters. The maximum absolute atomic E-state index is 12.9. The van der Waals surface area contributed by atoms with Gasteiger partial charge in [0.05, 0.1) is 0 Å². The van der Waals surface area contributed by atoms with Crippen LogP contribution in [0.25, 0.3) is 0 Å². The van der Waals surface area contributed by atoms with Crippen molar-refractivity contribution in [2.75, 3.05) is 12.0 Å². The van der Waals surface area contributed by atoms with E-state index in [1.54, 1.807) is 0 Å². The van der Waals surface area contributed by atoms with Gasteiger partial charge in [-0.25, -0.2) is 4.39 Å². The smallest absolute Gasteiger partial charge is 0.324 e. The van der Waals surface area contributed by atoms with Gasteiger partial charge in [-0.3, -0.25) is 4.79 Å². The second kappa shape index (κ2) is 4.87. The van der Waals surface area contributed by atoms with E-state index in [-0.39, 0.29) is 5.69 Å². The van der Waals surface area contributed by atoms with Crippen molar-refractivity contribution in [2.45, 2.75) is 12.1 Å². The van der Waals surface area contributed by atoms with Gasteiger partial charge < -0.3 is 5.32 Å². The minimum Gasteiger partial charge on any atom is -0.324 e. The van der Waals surface area contributed by atoms with Crippen LogP contribution in [0.1, 0.15) is 5.56 Å². The Morgan fingerprint density at radius 3 is 1.94 bits per heavy atom. The summed E-state index contributed by atoms with van der Waals surface area (Å²) in [6.45, 7) is -1.32. The molecule has 0 radical (unpaired) electrons. The molecule has 1 amide bonds. The minimum atomic E-state index is -5.70. The molecule has 18 heavy (non-hydrogen) atoms. The lowest BCUT2D eigenvalue weighted by molar-refractivity contribution is -0.289. The Balaban J connectivity index is 2.93. The van der Waals surface area contributed by atoms with Gasteiger partial charge in [-0.2, -0.15) is 22.0 Å². The van der Waals surface area contributed by atoms with Crippen LogP contribution >= 0.6 is 0 Å². The van der Waals surface area contributed by atoms with Gasteiger partial charge in [0.1, 0.15) is 0 Å². The summed E-state index contributed by atoms with van der Waals surface area (Å²) in [5.41, 5.74) is -1.33. The van der Waals surface area contributed by atoms with Gasteiger partial charge in [0.25, 0.3) is 5.91 Å². The van der Waals surface area contributed by atoms with E-state index >= 15 is 0 Å². The predicted octanol–water partition coefficient (Wildman–Crippen LogP) is 3.25. The number of benzene rings is 1. The van der Waals surface area contributed by atoms with Gasteiger partial charge in [0.2, 0.25) is 0 Å². The normalized spacial score (nSPS) is 12.3. The summed E-state index contributed by atoms with van der Waals surface area (Å²) in [4.78, 5) is 10.6. The third-order valence-corrected chi connectivity index (χ3v) is 2.01. The second-order valence-corrected chi connectivity index (χ2v) is 3.33. The summed E-state index contributed by atoms with van der Waals surface area (Å²) in [7, 11) is 0. The molecule has 2 nitrogen and oxygen atoms in total. The molecule has 0 aliphatic carbocycles. The maximum atomic E-state index is 12.9. The van der Waals surface area contributed by atoms with Crippen LogP contribution < -0.4 is 5.32 Å². The van der Waals surface area contributed by atoms with Crippen molar-refractivity contribution in [1.82, 2.24) is 0 Å². The van der Waals surface area contributed by atoms with Crippen molar-refractivity contribution in [3.63, 3.8) is 0 Å². The van der Waals surface area contributed by atoms with E-state index in [1.807, 2.05) is 5.32 Å². The van der Waals surface area contributed by atoms with E-state index in [9.17, 15) is 31.1 Å². The number of hydrogen-bond acceptors (Lipinski definition) is 1. The zero-order chi connectivity index (χ0) is 14.0. The van der Waals surface area contributed by atoms with Gasteiger partial charge in [0.15, 0.2) is 6.67 Å². The monoisotopic (exact) mass is 271 g/mol. The predicted molar refractivity (Wildman–Crippen MR) is 51.0 cm³/mol. The number of amides is 1. The Morgan fingerprint density at radius 1 is 1.06 bits per heavy atom. The summed E-state index contributed by atoms with van der Waals surface area (Å²) in [5, 5.41) is 1.97. The van der Waals surface area contributed by atoms with Crippen LogP contribution in [-0.4, -0.2) is 18.8 Å². The van der Waals surface area contributed by atoms with E-state index in [2.05, 4.69) is 0 Å². The van der Waals surface area contributed by atoms with Crippen molar-refractivity contribution in [3.8, 4) is 0 Å². The molecule has 0 saturated heterocycles. The molecule has 1 aromatic rings. The first-order valence-electron chi connectivity index (χ1n) is 4.59. The first-order valence-corrected chi connectivity index (χ1v) is 4.59. The first kappa shape index (κ1) is 14.3. The molecule has 0 aliphatic heterocycles. The molecule has 1 aromatic carbocycles. The Hall–Kier alpha value is -1.73. The molecule has 1 rings (SSSR count). The highest BCUT2D eigenvalue weighted by Crippen LogP contribution is 2.43. The molecule has 0 aliphatic rings. The van der Waals surface area contributed by atoms with Crippen molar-refractivity contribution >= 4 is 11.6 Å². The Labute approximate surface area is 97.6 Å². The van der Waals surface area contributed by atoms with Crippen LogP contribution in [0, 0.1) is 0 Å². The average Bonchev–Trinajstić information content (AvgIpc) is 2.28.